The number of carbonyl (C=O) groups is 2. The molecule has 2 fully saturated rings. The van der Waals surface area contributed by atoms with Gasteiger partial charge in [0.15, 0.2) is 6.10 Å². The summed E-state index contributed by atoms with van der Waals surface area (Å²) in [7, 11) is 0. The number of phenols is 1. The molecule has 2 aliphatic rings. The molecule has 2 aliphatic heterocycles. The van der Waals surface area contributed by atoms with E-state index >= 15 is 0 Å². The van der Waals surface area contributed by atoms with Crippen molar-refractivity contribution in [1.82, 2.24) is 0 Å². The van der Waals surface area contributed by atoms with Crippen molar-refractivity contribution in [1.29, 1.82) is 0 Å². The van der Waals surface area contributed by atoms with Crippen LogP contribution in [0.5, 0.6) is 5.75 Å². The van der Waals surface area contributed by atoms with Crippen LogP contribution in [0.4, 0.5) is 11.4 Å². The average Bonchev–Trinajstić information content (AvgIpc) is 3.26. The number of hydrogen-bond acceptors (Lipinski definition) is 5. The van der Waals surface area contributed by atoms with Crippen LogP contribution in [0.1, 0.15) is 11.6 Å². The zero-order valence-corrected chi connectivity index (χ0v) is 15.4. The molecule has 6 heteroatoms. The SMILES string of the molecule is O=C1[C@H]2[C@H](ON(c3ccccc3)[C@@H]2c2ccc(O)cc2)C(=O)N1c1ccccc1. The van der Waals surface area contributed by atoms with E-state index < -0.39 is 18.1 Å². The zero-order valence-electron chi connectivity index (χ0n) is 15.4. The molecule has 1 N–H and O–H groups in total. The Morgan fingerprint density at radius 2 is 1.31 bits per heavy atom. The van der Waals surface area contributed by atoms with Gasteiger partial charge in [-0.3, -0.25) is 14.4 Å². The highest BCUT2D eigenvalue weighted by atomic mass is 16.7. The fourth-order valence-corrected chi connectivity index (χ4v) is 4.06. The fourth-order valence-electron chi connectivity index (χ4n) is 4.06. The number of amides is 2. The summed E-state index contributed by atoms with van der Waals surface area (Å²) in [6.07, 6.45) is -0.901. The Morgan fingerprint density at radius 3 is 1.93 bits per heavy atom. The minimum atomic E-state index is -0.901. The molecule has 3 atom stereocenters. The molecule has 0 saturated carbocycles. The number of anilines is 2. The van der Waals surface area contributed by atoms with E-state index in [2.05, 4.69) is 0 Å². The maximum atomic E-state index is 13.4. The van der Waals surface area contributed by atoms with Crippen molar-refractivity contribution >= 4 is 23.2 Å². The van der Waals surface area contributed by atoms with Crippen LogP contribution < -0.4 is 9.96 Å². The maximum absolute atomic E-state index is 13.4. The van der Waals surface area contributed by atoms with E-state index in [1.165, 1.54) is 4.90 Å². The quantitative estimate of drug-likeness (QED) is 0.699. The van der Waals surface area contributed by atoms with Gasteiger partial charge in [-0.15, -0.1) is 0 Å². The molecule has 0 aromatic heterocycles. The van der Waals surface area contributed by atoms with Gasteiger partial charge >= 0.3 is 0 Å². The van der Waals surface area contributed by atoms with E-state index in [-0.39, 0.29) is 17.6 Å². The number of imide groups is 1. The Balaban J connectivity index is 1.59. The van der Waals surface area contributed by atoms with Crippen LogP contribution in [0.15, 0.2) is 84.9 Å². The largest absolute Gasteiger partial charge is 0.508 e. The third-order valence-electron chi connectivity index (χ3n) is 5.38. The first-order valence-electron chi connectivity index (χ1n) is 9.38. The Hall–Kier alpha value is -3.64. The van der Waals surface area contributed by atoms with Crippen molar-refractivity contribution in [2.45, 2.75) is 12.1 Å². The number of nitrogens with zero attached hydrogens (tertiary/aromatic N) is 2. The second-order valence-corrected chi connectivity index (χ2v) is 7.10. The lowest BCUT2D eigenvalue weighted by Gasteiger charge is -2.28. The molecule has 2 saturated heterocycles. The predicted octanol–water partition coefficient (Wildman–Crippen LogP) is 3.44. The molecule has 0 spiro atoms. The molecule has 29 heavy (non-hydrogen) atoms. The minimum absolute atomic E-state index is 0.134. The van der Waals surface area contributed by atoms with Crippen molar-refractivity contribution in [2.24, 2.45) is 5.92 Å². The molecule has 3 aromatic carbocycles. The van der Waals surface area contributed by atoms with Gasteiger partial charge in [-0.05, 0) is 42.0 Å². The molecule has 0 unspecified atom stereocenters. The van der Waals surface area contributed by atoms with E-state index in [0.29, 0.717) is 5.69 Å². The Bertz CT molecular complexity index is 1050. The highest BCUT2D eigenvalue weighted by Gasteiger charge is 2.60. The van der Waals surface area contributed by atoms with E-state index in [1.807, 2.05) is 36.4 Å². The van der Waals surface area contributed by atoms with Crippen LogP contribution >= 0.6 is 0 Å². The van der Waals surface area contributed by atoms with E-state index in [1.54, 1.807) is 53.6 Å². The first kappa shape index (κ1) is 17.5. The molecular weight excluding hydrogens is 368 g/mol. The fraction of sp³-hybridized carbons (Fsp3) is 0.130. The predicted molar refractivity (Wildman–Crippen MR) is 107 cm³/mol. The number of hydrogen-bond donors (Lipinski definition) is 1. The number of benzene rings is 3. The topological polar surface area (TPSA) is 70.1 Å². The second-order valence-electron chi connectivity index (χ2n) is 7.10. The van der Waals surface area contributed by atoms with Gasteiger partial charge in [0.1, 0.15) is 11.7 Å². The molecule has 5 rings (SSSR count). The van der Waals surface area contributed by atoms with Crippen LogP contribution in [0.3, 0.4) is 0 Å². The first-order valence-corrected chi connectivity index (χ1v) is 9.38. The molecule has 0 bridgehead atoms. The Labute approximate surface area is 167 Å². The summed E-state index contributed by atoms with van der Waals surface area (Å²) in [5.74, 6) is -1.21. The summed E-state index contributed by atoms with van der Waals surface area (Å²) in [5.41, 5.74) is 2.08. The summed E-state index contributed by atoms with van der Waals surface area (Å²) in [5, 5.41) is 11.3. The van der Waals surface area contributed by atoms with E-state index in [9.17, 15) is 14.7 Å². The molecule has 144 valence electrons. The molecule has 6 nitrogen and oxygen atoms in total. The molecular formula is C23H18N2O4. The van der Waals surface area contributed by atoms with Crippen molar-refractivity contribution in [2.75, 3.05) is 9.96 Å². The second kappa shape index (κ2) is 6.76. The van der Waals surface area contributed by atoms with Gasteiger partial charge in [0.05, 0.1) is 17.4 Å². The van der Waals surface area contributed by atoms with Gasteiger partial charge in [-0.25, -0.2) is 9.96 Å². The van der Waals surface area contributed by atoms with Crippen LogP contribution in [-0.2, 0) is 14.4 Å². The lowest BCUT2D eigenvalue weighted by molar-refractivity contribution is -0.126. The van der Waals surface area contributed by atoms with Gasteiger partial charge in [0, 0.05) is 0 Å². The van der Waals surface area contributed by atoms with Crippen molar-refractivity contribution in [3.05, 3.63) is 90.5 Å². The minimum Gasteiger partial charge on any atom is -0.508 e. The lowest BCUT2D eigenvalue weighted by atomic mass is 9.90. The standard InChI is InChI=1S/C23H18N2O4/c26-18-13-11-15(12-14-18)20-19-21(29-25(20)17-9-5-2-6-10-17)23(28)24(22(19)27)16-7-3-1-4-8-16/h1-14,19-21,26H/t19-,20-,21+/m1/s1. The Kier molecular flexibility index (Phi) is 4.07. The summed E-state index contributed by atoms with van der Waals surface area (Å²) in [6.45, 7) is 0. The van der Waals surface area contributed by atoms with Gasteiger partial charge in [0.25, 0.3) is 5.91 Å². The number of fused-ring (bicyclic) bond motifs is 1. The highest BCUT2D eigenvalue weighted by Crippen LogP contribution is 2.47. The molecule has 2 amide bonds. The van der Waals surface area contributed by atoms with Crippen LogP contribution in [0.25, 0.3) is 0 Å². The molecule has 2 heterocycles. The normalized spacial score (nSPS) is 23.5. The van der Waals surface area contributed by atoms with Gasteiger partial charge in [-0.2, -0.15) is 0 Å². The van der Waals surface area contributed by atoms with Crippen LogP contribution in [-0.4, -0.2) is 23.0 Å². The van der Waals surface area contributed by atoms with Gasteiger partial charge in [0.2, 0.25) is 5.91 Å². The number of phenolic OH excluding ortho intramolecular Hbond substituents is 1. The number of hydroxylamine groups is 1. The lowest BCUT2D eigenvalue weighted by Crippen LogP contribution is -2.37. The third-order valence-corrected chi connectivity index (χ3v) is 5.38. The van der Waals surface area contributed by atoms with E-state index in [4.69, 9.17) is 4.84 Å². The Morgan fingerprint density at radius 1 is 0.724 bits per heavy atom. The summed E-state index contributed by atoms with van der Waals surface area (Å²) in [4.78, 5) is 33.8. The summed E-state index contributed by atoms with van der Waals surface area (Å²) >= 11 is 0. The first-order chi connectivity index (χ1) is 14.1. The number of rotatable bonds is 3. The maximum Gasteiger partial charge on any atom is 0.266 e. The van der Waals surface area contributed by atoms with Gasteiger partial charge < -0.3 is 5.11 Å². The molecule has 3 aromatic rings. The number of para-hydroxylation sites is 2. The van der Waals surface area contributed by atoms with Crippen molar-refractivity contribution in [3.8, 4) is 5.75 Å². The smallest absolute Gasteiger partial charge is 0.266 e. The third kappa shape index (κ3) is 2.77. The summed E-state index contributed by atoms with van der Waals surface area (Å²) < 4.78 is 0. The van der Waals surface area contributed by atoms with Crippen molar-refractivity contribution in [3.63, 3.8) is 0 Å². The average molecular weight is 386 g/mol. The van der Waals surface area contributed by atoms with Crippen LogP contribution in [0.2, 0.25) is 0 Å². The molecule has 0 radical (unpaired) electrons. The molecule has 0 aliphatic carbocycles. The summed E-state index contributed by atoms with van der Waals surface area (Å²) in [6, 6.07) is 24.4. The monoisotopic (exact) mass is 386 g/mol. The van der Waals surface area contributed by atoms with Crippen molar-refractivity contribution < 1.29 is 19.5 Å². The zero-order chi connectivity index (χ0) is 20.0. The number of aromatic hydroxyl groups is 1. The van der Waals surface area contributed by atoms with Gasteiger partial charge in [-0.1, -0.05) is 48.5 Å². The van der Waals surface area contributed by atoms with Crippen LogP contribution in [0, 0.1) is 5.92 Å². The highest BCUT2D eigenvalue weighted by molar-refractivity contribution is 6.23. The van der Waals surface area contributed by atoms with E-state index in [0.717, 1.165) is 11.3 Å². The number of carbonyl (C=O) groups excluding carboxylic acids is 2.